The summed E-state index contributed by atoms with van der Waals surface area (Å²) in [5.41, 5.74) is 0.417. The fraction of sp³-hybridized carbons (Fsp3) is 0.300. The minimum Gasteiger partial charge on any atom is -0.465 e. The average Bonchev–Trinajstić information content (AvgIpc) is 2.16. The van der Waals surface area contributed by atoms with E-state index in [0.29, 0.717) is 0 Å². The lowest BCUT2D eigenvalue weighted by Gasteiger charge is -2.09. The highest BCUT2D eigenvalue weighted by molar-refractivity contribution is 5.91. The lowest BCUT2D eigenvalue weighted by Crippen LogP contribution is -2.08. The number of carbonyl (C=O) groups excluding carboxylic acids is 1. The predicted molar refractivity (Wildman–Crippen MR) is 48.4 cm³/mol. The van der Waals surface area contributed by atoms with Crippen LogP contribution in [0.15, 0.2) is 18.2 Å². The number of halogens is 1. The normalized spacial score (nSPS) is 12.3. The summed E-state index contributed by atoms with van der Waals surface area (Å²) in [7, 11) is 1.23. The Labute approximate surface area is 81.1 Å². The first kappa shape index (κ1) is 10.7. The molecule has 3 nitrogen and oxygen atoms in total. The SMILES string of the molecule is COC(=O)c1ccc(F)cc1[C@@H](C)O. The number of esters is 1. The zero-order chi connectivity index (χ0) is 10.7. The number of aliphatic hydroxyl groups excluding tert-OH is 1. The molecule has 0 radical (unpaired) electrons. The zero-order valence-corrected chi connectivity index (χ0v) is 7.95. The van der Waals surface area contributed by atoms with Crippen LogP contribution in [0.25, 0.3) is 0 Å². The van der Waals surface area contributed by atoms with E-state index >= 15 is 0 Å². The van der Waals surface area contributed by atoms with Gasteiger partial charge in [-0.25, -0.2) is 9.18 Å². The molecule has 0 saturated carbocycles. The summed E-state index contributed by atoms with van der Waals surface area (Å²) >= 11 is 0. The van der Waals surface area contributed by atoms with E-state index in [2.05, 4.69) is 4.74 Å². The second-order valence-electron chi connectivity index (χ2n) is 2.90. The molecule has 0 aromatic heterocycles. The molecule has 0 unspecified atom stereocenters. The number of ether oxygens (including phenoxy) is 1. The molecule has 14 heavy (non-hydrogen) atoms. The van der Waals surface area contributed by atoms with Crippen molar-refractivity contribution in [2.24, 2.45) is 0 Å². The Kier molecular flexibility index (Phi) is 3.19. The zero-order valence-electron chi connectivity index (χ0n) is 7.95. The topological polar surface area (TPSA) is 46.5 Å². The Bertz CT molecular complexity index is 347. The van der Waals surface area contributed by atoms with Crippen LogP contribution >= 0.6 is 0 Å². The van der Waals surface area contributed by atoms with Crippen LogP contribution in [0.4, 0.5) is 4.39 Å². The van der Waals surface area contributed by atoms with Gasteiger partial charge in [-0.3, -0.25) is 0 Å². The largest absolute Gasteiger partial charge is 0.465 e. The second-order valence-corrected chi connectivity index (χ2v) is 2.90. The molecule has 1 atom stereocenters. The number of benzene rings is 1. The summed E-state index contributed by atoms with van der Waals surface area (Å²) < 4.78 is 17.3. The molecule has 4 heteroatoms. The van der Waals surface area contributed by atoms with Crippen molar-refractivity contribution in [2.75, 3.05) is 7.11 Å². The fourth-order valence-corrected chi connectivity index (χ4v) is 1.18. The van der Waals surface area contributed by atoms with Crippen LogP contribution in [0.3, 0.4) is 0 Å². The molecule has 0 spiro atoms. The van der Waals surface area contributed by atoms with Gasteiger partial charge in [0.25, 0.3) is 0 Å². The highest BCUT2D eigenvalue weighted by Gasteiger charge is 2.15. The third-order valence-corrected chi connectivity index (χ3v) is 1.87. The molecule has 0 fully saturated rings. The van der Waals surface area contributed by atoms with Crippen LogP contribution < -0.4 is 0 Å². The molecular weight excluding hydrogens is 187 g/mol. The van der Waals surface area contributed by atoms with Crippen molar-refractivity contribution in [1.82, 2.24) is 0 Å². The Hall–Kier alpha value is -1.42. The summed E-state index contributed by atoms with van der Waals surface area (Å²) in [5.74, 6) is -1.07. The van der Waals surface area contributed by atoms with E-state index in [1.165, 1.54) is 20.1 Å². The van der Waals surface area contributed by atoms with Crippen molar-refractivity contribution in [3.63, 3.8) is 0 Å². The second kappa shape index (κ2) is 4.19. The Morgan fingerprint density at radius 2 is 2.21 bits per heavy atom. The fourth-order valence-electron chi connectivity index (χ4n) is 1.18. The molecule has 0 bridgehead atoms. The minimum atomic E-state index is -0.903. The molecule has 0 amide bonds. The molecule has 0 heterocycles. The van der Waals surface area contributed by atoms with E-state index in [1.807, 2.05) is 0 Å². The first-order valence-corrected chi connectivity index (χ1v) is 4.12. The first-order valence-electron chi connectivity index (χ1n) is 4.12. The first-order chi connectivity index (χ1) is 6.56. The van der Waals surface area contributed by atoms with E-state index in [9.17, 15) is 14.3 Å². The number of methoxy groups -OCH3 is 1. The molecule has 1 aromatic carbocycles. The Morgan fingerprint density at radius 3 is 2.71 bits per heavy atom. The molecule has 0 aliphatic carbocycles. The summed E-state index contributed by atoms with van der Waals surface area (Å²) in [6, 6.07) is 3.57. The van der Waals surface area contributed by atoms with Crippen LogP contribution in [-0.4, -0.2) is 18.2 Å². The van der Waals surface area contributed by atoms with Gasteiger partial charge in [-0.2, -0.15) is 0 Å². The molecule has 1 N–H and O–H groups in total. The van der Waals surface area contributed by atoms with Gasteiger partial charge in [-0.15, -0.1) is 0 Å². The van der Waals surface area contributed by atoms with Crippen molar-refractivity contribution in [3.8, 4) is 0 Å². The molecule has 1 rings (SSSR count). The van der Waals surface area contributed by atoms with E-state index in [4.69, 9.17) is 0 Å². The molecule has 0 aliphatic heterocycles. The quantitative estimate of drug-likeness (QED) is 0.735. The van der Waals surface area contributed by atoms with Gasteiger partial charge in [-0.05, 0) is 30.7 Å². The van der Waals surface area contributed by atoms with Crippen LogP contribution in [0.5, 0.6) is 0 Å². The average molecular weight is 198 g/mol. The van der Waals surface area contributed by atoms with Gasteiger partial charge in [0.05, 0.1) is 18.8 Å². The van der Waals surface area contributed by atoms with E-state index < -0.39 is 17.9 Å². The number of hydrogen-bond donors (Lipinski definition) is 1. The van der Waals surface area contributed by atoms with E-state index in [-0.39, 0.29) is 11.1 Å². The van der Waals surface area contributed by atoms with Crippen LogP contribution in [0.1, 0.15) is 28.9 Å². The maximum Gasteiger partial charge on any atom is 0.338 e. The molecule has 1 aromatic rings. The lowest BCUT2D eigenvalue weighted by molar-refractivity contribution is 0.0594. The number of hydrogen-bond acceptors (Lipinski definition) is 3. The summed E-state index contributed by atoms with van der Waals surface area (Å²) in [6.07, 6.45) is -0.903. The van der Waals surface area contributed by atoms with E-state index in [0.717, 1.165) is 12.1 Å². The van der Waals surface area contributed by atoms with Gasteiger partial charge in [-0.1, -0.05) is 0 Å². The maximum absolute atomic E-state index is 12.8. The van der Waals surface area contributed by atoms with Crippen LogP contribution in [0.2, 0.25) is 0 Å². The van der Waals surface area contributed by atoms with Gasteiger partial charge < -0.3 is 9.84 Å². The van der Waals surface area contributed by atoms with Crippen molar-refractivity contribution < 1.29 is 19.0 Å². The van der Waals surface area contributed by atoms with Crippen molar-refractivity contribution in [1.29, 1.82) is 0 Å². The number of rotatable bonds is 2. The van der Waals surface area contributed by atoms with E-state index in [1.54, 1.807) is 0 Å². The minimum absolute atomic E-state index is 0.184. The van der Waals surface area contributed by atoms with Gasteiger partial charge in [0, 0.05) is 0 Å². The Balaban J connectivity index is 3.21. The smallest absolute Gasteiger partial charge is 0.338 e. The highest BCUT2D eigenvalue weighted by atomic mass is 19.1. The van der Waals surface area contributed by atoms with Gasteiger partial charge in [0.15, 0.2) is 0 Å². The standard InChI is InChI=1S/C10H11FO3/c1-6(12)9-5-7(11)3-4-8(9)10(13)14-2/h3-6,12H,1-2H3/t6-/m1/s1. The van der Waals surface area contributed by atoms with Crippen LogP contribution in [0, 0.1) is 5.82 Å². The third-order valence-electron chi connectivity index (χ3n) is 1.87. The molecular formula is C10H11FO3. The molecule has 0 saturated heterocycles. The summed E-state index contributed by atoms with van der Waals surface area (Å²) in [4.78, 5) is 11.2. The van der Waals surface area contributed by atoms with Crippen molar-refractivity contribution >= 4 is 5.97 Å². The summed E-state index contributed by atoms with van der Waals surface area (Å²) in [5, 5.41) is 9.30. The summed E-state index contributed by atoms with van der Waals surface area (Å²) in [6.45, 7) is 1.46. The number of carbonyl (C=O) groups is 1. The van der Waals surface area contributed by atoms with Crippen molar-refractivity contribution in [2.45, 2.75) is 13.0 Å². The number of aliphatic hydroxyl groups is 1. The highest BCUT2D eigenvalue weighted by Crippen LogP contribution is 2.19. The maximum atomic E-state index is 12.8. The van der Waals surface area contributed by atoms with Gasteiger partial charge in [0.1, 0.15) is 5.82 Å². The molecule has 0 aliphatic rings. The van der Waals surface area contributed by atoms with Crippen LogP contribution in [-0.2, 0) is 4.74 Å². The molecule has 76 valence electrons. The van der Waals surface area contributed by atoms with Gasteiger partial charge >= 0.3 is 5.97 Å². The predicted octanol–water partition coefficient (Wildman–Crippen LogP) is 1.67. The van der Waals surface area contributed by atoms with Gasteiger partial charge in [0.2, 0.25) is 0 Å². The Morgan fingerprint density at radius 1 is 1.57 bits per heavy atom. The third kappa shape index (κ3) is 2.09. The van der Waals surface area contributed by atoms with Crippen molar-refractivity contribution in [3.05, 3.63) is 35.1 Å². The monoisotopic (exact) mass is 198 g/mol. The lowest BCUT2D eigenvalue weighted by atomic mass is 10.0.